The Morgan fingerprint density at radius 1 is 1.05 bits per heavy atom. The molecule has 0 fully saturated rings. The van der Waals surface area contributed by atoms with E-state index in [1.54, 1.807) is 11.3 Å². The van der Waals surface area contributed by atoms with Gasteiger partial charge in [-0.3, -0.25) is 0 Å². The van der Waals surface area contributed by atoms with Crippen LogP contribution in [0.4, 0.5) is 0 Å². The number of nitrogens with two attached hydrogens (primary N) is 1. The molecule has 2 aromatic carbocycles. The van der Waals surface area contributed by atoms with Gasteiger partial charge in [-0.2, -0.15) is 0 Å². The molecule has 0 aliphatic heterocycles. The van der Waals surface area contributed by atoms with Crippen molar-refractivity contribution in [3.63, 3.8) is 0 Å². The molecular weight excluding hydrogens is 398 g/mol. The Kier molecular flexibility index (Phi) is 4.00. The lowest BCUT2D eigenvalue weighted by molar-refractivity contribution is 0.902. The zero-order valence-electron chi connectivity index (χ0n) is 10.9. The zero-order valence-corrected chi connectivity index (χ0v) is 14.8. The number of rotatable bonds is 2. The van der Waals surface area contributed by atoms with Crippen LogP contribution in [0.15, 0.2) is 50.7 Å². The summed E-state index contributed by atoms with van der Waals surface area (Å²) in [4.78, 5) is 1.18. The average Bonchev–Trinajstić information content (AvgIpc) is 2.79. The van der Waals surface area contributed by atoms with Gasteiger partial charge in [0.05, 0.1) is 9.83 Å². The lowest BCUT2D eigenvalue weighted by Gasteiger charge is -2.14. The van der Waals surface area contributed by atoms with Gasteiger partial charge < -0.3 is 5.73 Å². The van der Waals surface area contributed by atoms with E-state index >= 15 is 0 Å². The molecule has 102 valence electrons. The first-order valence-electron chi connectivity index (χ1n) is 6.26. The molecule has 1 atom stereocenters. The van der Waals surface area contributed by atoms with E-state index in [2.05, 4.69) is 75.2 Å². The van der Waals surface area contributed by atoms with Gasteiger partial charge in [-0.15, -0.1) is 11.3 Å². The summed E-state index contributed by atoms with van der Waals surface area (Å²) in [5.74, 6) is 0. The van der Waals surface area contributed by atoms with Crippen LogP contribution < -0.4 is 5.73 Å². The molecule has 0 radical (unpaired) electrons. The van der Waals surface area contributed by atoms with E-state index in [1.165, 1.54) is 21.2 Å². The summed E-state index contributed by atoms with van der Waals surface area (Å²) in [5.41, 5.74) is 8.89. The Labute approximate surface area is 139 Å². The molecule has 0 aliphatic rings. The topological polar surface area (TPSA) is 26.0 Å². The highest BCUT2D eigenvalue weighted by Gasteiger charge is 2.16. The molecule has 0 amide bonds. The van der Waals surface area contributed by atoms with Gasteiger partial charge in [0.15, 0.2) is 0 Å². The van der Waals surface area contributed by atoms with Crippen LogP contribution >= 0.6 is 43.2 Å². The quantitative estimate of drug-likeness (QED) is 0.568. The first-order chi connectivity index (χ1) is 9.58. The lowest BCUT2D eigenvalue weighted by atomic mass is 9.98. The number of thiophene rings is 1. The molecule has 0 aliphatic carbocycles. The maximum absolute atomic E-state index is 6.49. The molecule has 1 nitrogen and oxygen atoms in total. The van der Waals surface area contributed by atoms with Gasteiger partial charge in [-0.25, -0.2) is 0 Å². The van der Waals surface area contributed by atoms with E-state index in [0.717, 1.165) is 13.8 Å². The van der Waals surface area contributed by atoms with E-state index in [-0.39, 0.29) is 6.04 Å². The third-order valence-electron chi connectivity index (χ3n) is 3.42. The van der Waals surface area contributed by atoms with Crippen LogP contribution in [-0.2, 0) is 0 Å². The first-order valence-corrected chi connectivity index (χ1v) is 8.66. The van der Waals surface area contributed by atoms with Crippen molar-refractivity contribution in [1.29, 1.82) is 0 Å². The fourth-order valence-electron chi connectivity index (χ4n) is 2.35. The fourth-order valence-corrected chi connectivity index (χ4v) is 4.42. The fraction of sp³-hybridized carbons (Fsp3) is 0.125. The normalized spacial score (nSPS) is 12.8. The van der Waals surface area contributed by atoms with Crippen molar-refractivity contribution in [1.82, 2.24) is 0 Å². The molecule has 0 spiro atoms. The summed E-state index contributed by atoms with van der Waals surface area (Å²) < 4.78 is 2.26. The van der Waals surface area contributed by atoms with E-state index in [4.69, 9.17) is 5.73 Å². The maximum Gasteiger partial charge on any atom is 0.0731 e. The van der Waals surface area contributed by atoms with Gasteiger partial charge in [0, 0.05) is 9.35 Å². The van der Waals surface area contributed by atoms with Crippen LogP contribution in [0.5, 0.6) is 0 Å². The van der Waals surface area contributed by atoms with Crippen LogP contribution in [0.1, 0.15) is 22.0 Å². The zero-order chi connectivity index (χ0) is 14.3. The predicted octanol–water partition coefficient (Wildman–Crippen LogP) is 5.78. The van der Waals surface area contributed by atoms with Gasteiger partial charge in [0.1, 0.15) is 0 Å². The van der Waals surface area contributed by atoms with Crippen molar-refractivity contribution in [3.05, 3.63) is 66.7 Å². The minimum absolute atomic E-state index is 0.0944. The molecule has 2 N–H and O–H groups in total. The van der Waals surface area contributed by atoms with Crippen molar-refractivity contribution in [2.24, 2.45) is 5.73 Å². The highest BCUT2D eigenvalue weighted by Crippen LogP contribution is 2.36. The molecule has 4 heteroatoms. The number of aryl methyl sites for hydroxylation is 1. The molecule has 20 heavy (non-hydrogen) atoms. The van der Waals surface area contributed by atoms with Gasteiger partial charge in [-0.05, 0) is 56.9 Å². The van der Waals surface area contributed by atoms with Gasteiger partial charge >= 0.3 is 0 Å². The standard InChI is InChI=1S/C16H13Br2NS/c1-9-8-14(20-16(9)18)15(19)12-6-7-13(17)11-5-3-2-4-10(11)12/h2-8,15H,19H2,1H3. The molecule has 0 saturated carbocycles. The van der Waals surface area contributed by atoms with E-state index < -0.39 is 0 Å². The van der Waals surface area contributed by atoms with Crippen molar-refractivity contribution < 1.29 is 0 Å². The second kappa shape index (κ2) is 5.60. The highest BCUT2D eigenvalue weighted by atomic mass is 79.9. The third-order valence-corrected chi connectivity index (χ3v) is 6.33. The Hall–Kier alpha value is -0.680. The van der Waals surface area contributed by atoms with Crippen LogP contribution in [0.25, 0.3) is 10.8 Å². The van der Waals surface area contributed by atoms with E-state index in [0.29, 0.717) is 0 Å². The number of fused-ring (bicyclic) bond motifs is 1. The van der Waals surface area contributed by atoms with E-state index in [9.17, 15) is 0 Å². The van der Waals surface area contributed by atoms with Gasteiger partial charge in [0.25, 0.3) is 0 Å². The average molecular weight is 411 g/mol. The van der Waals surface area contributed by atoms with Gasteiger partial charge in [0.2, 0.25) is 0 Å². The summed E-state index contributed by atoms with van der Waals surface area (Å²) >= 11 is 8.89. The summed E-state index contributed by atoms with van der Waals surface area (Å²) in [6.07, 6.45) is 0. The number of benzene rings is 2. The third kappa shape index (κ3) is 2.46. The lowest BCUT2D eigenvalue weighted by Crippen LogP contribution is -2.10. The largest absolute Gasteiger partial charge is 0.320 e. The molecule has 1 unspecified atom stereocenters. The number of halogens is 2. The molecule has 0 bridgehead atoms. The summed E-state index contributed by atoms with van der Waals surface area (Å²) in [5, 5.41) is 2.41. The van der Waals surface area contributed by atoms with Crippen LogP contribution in [0, 0.1) is 6.92 Å². The Morgan fingerprint density at radius 2 is 1.75 bits per heavy atom. The minimum atomic E-state index is -0.0944. The second-order valence-electron chi connectivity index (χ2n) is 4.77. The van der Waals surface area contributed by atoms with Crippen molar-refractivity contribution in [2.75, 3.05) is 0 Å². The van der Waals surface area contributed by atoms with Crippen molar-refractivity contribution in [3.8, 4) is 0 Å². The molecule has 0 saturated heterocycles. The molecule has 1 heterocycles. The summed E-state index contributed by atoms with van der Waals surface area (Å²) in [7, 11) is 0. The maximum atomic E-state index is 6.49. The molecule has 3 aromatic rings. The van der Waals surface area contributed by atoms with Gasteiger partial charge in [-0.1, -0.05) is 46.3 Å². The Bertz CT molecular complexity index is 760. The molecule has 3 rings (SSSR count). The Balaban J connectivity index is 2.17. The van der Waals surface area contributed by atoms with Crippen LogP contribution in [0.2, 0.25) is 0 Å². The SMILES string of the molecule is Cc1cc(C(N)c2ccc(Br)c3ccccc23)sc1Br. The molecular formula is C16H13Br2NS. The van der Waals surface area contributed by atoms with Crippen LogP contribution in [-0.4, -0.2) is 0 Å². The van der Waals surface area contributed by atoms with Crippen molar-refractivity contribution >= 4 is 54.0 Å². The summed E-state index contributed by atoms with van der Waals surface area (Å²) in [6, 6.07) is 14.6. The second-order valence-corrected chi connectivity index (χ2v) is 8.02. The first kappa shape index (κ1) is 14.3. The monoisotopic (exact) mass is 409 g/mol. The molecule has 1 aromatic heterocycles. The smallest absolute Gasteiger partial charge is 0.0731 e. The predicted molar refractivity (Wildman–Crippen MR) is 94.4 cm³/mol. The van der Waals surface area contributed by atoms with E-state index in [1.807, 2.05) is 6.07 Å². The van der Waals surface area contributed by atoms with Crippen LogP contribution in [0.3, 0.4) is 0 Å². The minimum Gasteiger partial charge on any atom is -0.320 e. The Morgan fingerprint density at radius 3 is 2.40 bits per heavy atom. The van der Waals surface area contributed by atoms with Crippen molar-refractivity contribution in [2.45, 2.75) is 13.0 Å². The summed E-state index contributed by atoms with van der Waals surface area (Å²) in [6.45, 7) is 2.09. The number of hydrogen-bond donors (Lipinski definition) is 1. The highest BCUT2D eigenvalue weighted by molar-refractivity contribution is 9.11. The number of hydrogen-bond acceptors (Lipinski definition) is 2.